The molecule has 0 aromatic carbocycles. The summed E-state index contributed by atoms with van der Waals surface area (Å²) >= 11 is 0. The van der Waals surface area contributed by atoms with Crippen LogP contribution in [-0.4, -0.2) is 41.4 Å². The lowest BCUT2D eigenvalue weighted by molar-refractivity contribution is -0.138. The summed E-state index contributed by atoms with van der Waals surface area (Å²) in [6.45, 7) is 29.3. The van der Waals surface area contributed by atoms with Gasteiger partial charge in [0.15, 0.2) is 16.6 Å². The fourth-order valence-electron chi connectivity index (χ4n) is 6.25. The molecule has 222 valence electrons. The van der Waals surface area contributed by atoms with Crippen molar-refractivity contribution < 1.29 is 18.4 Å². The molecule has 0 fully saturated rings. The van der Waals surface area contributed by atoms with Crippen molar-refractivity contribution in [3.63, 3.8) is 0 Å². The van der Waals surface area contributed by atoms with E-state index in [1.165, 1.54) is 0 Å². The number of carbonyl (C=O) groups excluding carboxylic acids is 1. The number of hydrogen-bond donors (Lipinski definition) is 0. The topological polar surface area (TPSA) is 44.8 Å². The van der Waals surface area contributed by atoms with E-state index >= 15 is 0 Å². The Labute approximate surface area is 239 Å². The average molecular weight is 567 g/mol. The first kappa shape index (κ1) is 37.1. The molecule has 6 heteroatoms. The van der Waals surface area contributed by atoms with Crippen LogP contribution in [-0.2, 0) is 18.4 Å². The van der Waals surface area contributed by atoms with Gasteiger partial charge in [0, 0.05) is 23.8 Å². The van der Waals surface area contributed by atoms with Gasteiger partial charge in [-0.2, -0.15) is 0 Å². The number of ether oxygens (including phenoxy) is 1. The van der Waals surface area contributed by atoms with E-state index in [9.17, 15) is 4.79 Å². The van der Waals surface area contributed by atoms with Gasteiger partial charge in [0.1, 0.15) is 0 Å². The number of esters is 1. The Hall–Kier alpha value is -0.876. The molecule has 0 rings (SSSR count). The van der Waals surface area contributed by atoms with Crippen molar-refractivity contribution in [3.8, 4) is 12.3 Å². The lowest BCUT2D eigenvalue weighted by Crippen LogP contribution is -2.54. The summed E-state index contributed by atoms with van der Waals surface area (Å²) in [5.41, 5.74) is 1.67. The minimum absolute atomic E-state index is 0.0151. The molecule has 0 saturated heterocycles. The molecule has 0 aliphatic rings. The zero-order valence-electron chi connectivity index (χ0n) is 27.3. The third kappa shape index (κ3) is 9.64. The Morgan fingerprint density at radius 2 is 1.26 bits per heavy atom. The van der Waals surface area contributed by atoms with Gasteiger partial charge in [0.05, 0.1) is 18.8 Å². The van der Waals surface area contributed by atoms with Crippen molar-refractivity contribution in [2.75, 3.05) is 6.61 Å². The van der Waals surface area contributed by atoms with E-state index in [2.05, 4.69) is 88.2 Å². The summed E-state index contributed by atoms with van der Waals surface area (Å²) in [7, 11) is -4.04. The third-order valence-electron chi connectivity index (χ3n) is 9.18. The number of terminal acetylenes is 1. The van der Waals surface area contributed by atoms with Crippen molar-refractivity contribution in [2.45, 2.75) is 150 Å². The molecule has 5 atom stereocenters. The molecule has 0 unspecified atom stereocenters. The SMILES string of the molecule is C#CC[C@@H](C)[C@H](O[Si](CC)(CC)C(C)C)[C@H](CC)[C@H](O[Si](CC)(CC)C(C)C)[C@H](C)/C=C(\C)C(=O)OCC. The molecule has 0 heterocycles. The van der Waals surface area contributed by atoms with Crippen LogP contribution in [0.3, 0.4) is 0 Å². The van der Waals surface area contributed by atoms with Gasteiger partial charge in [-0.3, -0.25) is 0 Å². The summed E-state index contributed by atoms with van der Waals surface area (Å²) < 4.78 is 20.1. The lowest BCUT2D eigenvalue weighted by Gasteiger charge is -2.47. The standard InChI is InChI=1S/C32H62O4Si2/c1-15-22-26(12)30(35-37(18-4,19-5)24(8)9)29(16-2)31(36-38(20-6,21-7)25(10)11)27(13)23-28(14)32(33)34-17-3/h1,23-27,29-31H,16-22H2,2-14H3/b28-23+/t26-,27-,29+,30+,31-/m1/s1. The summed E-state index contributed by atoms with van der Waals surface area (Å²) in [6, 6.07) is 4.33. The lowest BCUT2D eigenvalue weighted by atomic mass is 9.80. The normalized spacial score (nSPS) is 17.2. The highest BCUT2D eigenvalue weighted by Gasteiger charge is 2.46. The zero-order chi connectivity index (χ0) is 29.7. The molecular formula is C32H62O4Si2. The van der Waals surface area contributed by atoms with Crippen LogP contribution in [0.2, 0.25) is 35.3 Å². The molecule has 0 bridgehead atoms. The van der Waals surface area contributed by atoms with Crippen molar-refractivity contribution in [2.24, 2.45) is 17.8 Å². The summed E-state index contributed by atoms with van der Waals surface area (Å²) in [6.07, 6.45) is 9.52. The van der Waals surface area contributed by atoms with E-state index in [1.54, 1.807) is 0 Å². The smallest absolute Gasteiger partial charge is 0.333 e. The molecule has 0 aliphatic heterocycles. The molecule has 4 nitrogen and oxygen atoms in total. The van der Waals surface area contributed by atoms with Crippen LogP contribution in [0.15, 0.2) is 11.6 Å². The van der Waals surface area contributed by atoms with Crippen molar-refractivity contribution in [3.05, 3.63) is 11.6 Å². The fourth-order valence-corrected chi connectivity index (χ4v) is 13.6. The highest BCUT2D eigenvalue weighted by molar-refractivity contribution is 6.75. The average Bonchev–Trinajstić information content (AvgIpc) is 2.88. The van der Waals surface area contributed by atoms with E-state index in [0.29, 0.717) is 29.7 Å². The van der Waals surface area contributed by atoms with Gasteiger partial charge in [0.2, 0.25) is 0 Å². The van der Waals surface area contributed by atoms with Crippen LogP contribution in [0, 0.1) is 30.1 Å². The predicted octanol–water partition coefficient (Wildman–Crippen LogP) is 9.38. The van der Waals surface area contributed by atoms with E-state index in [4.69, 9.17) is 20.0 Å². The van der Waals surface area contributed by atoms with Crippen LogP contribution in [0.25, 0.3) is 0 Å². The van der Waals surface area contributed by atoms with Crippen LogP contribution < -0.4 is 0 Å². The second kappa shape index (κ2) is 17.7. The van der Waals surface area contributed by atoms with Crippen LogP contribution in [0.4, 0.5) is 0 Å². The van der Waals surface area contributed by atoms with Gasteiger partial charge in [0.25, 0.3) is 0 Å². The highest BCUT2D eigenvalue weighted by atomic mass is 28.4. The first-order valence-corrected chi connectivity index (χ1v) is 20.2. The number of hydrogen-bond acceptors (Lipinski definition) is 4. The maximum absolute atomic E-state index is 12.5. The molecule has 0 radical (unpaired) electrons. The van der Waals surface area contributed by atoms with Gasteiger partial charge >= 0.3 is 5.97 Å². The van der Waals surface area contributed by atoms with Gasteiger partial charge in [-0.1, -0.05) is 82.2 Å². The van der Waals surface area contributed by atoms with E-state index in [-0.39, 0.29) is 35.9 Å². The van der Waals surface area contributed by atoms with E-state index < -0.39 is 16.6 Å². The number of rotatable bonds is 19. The molecule has 0 saturated carbocycles. The Morgan fingerprint density at radius 3 is 1.61 bits per heavy atom. The Kier molecular flexibility index (Phi) is 17.3. The van der Waals surface area contributed by atoms with Gasteiger partial charge in [-0.05, 0) is 61.4 Å². The Morgan fingerprint density at radius 1 is 0.816 bits per heavy atom. The van der Waals surface area contributed by atoms with Crippen LogP contribution in [0.1, 0.15) is 103 Å². The first-order chi connectivity index (χ1) is 17.8. The molecule has 0 aromatic rings. The van der Waals surface area contributed by atoms with E-state index in [0.717, 1.165) is 30.6 Å². The molecule has 0 amide bonds. The number of carbonyl (C=O) groups is 1. The molecule has 0 spiro atoms. The highest BCUT2D eigenvalue weighted by Crippen LogP contribution is 2.41. The maximum atomic E-state index is 12.5. The second-order valence-electron chi connectivity index (χ2n) is 11.9. The molecule has 0 aliphatic carbocycles. The van der Waals surface area contributed by atoms with E-state index in [1.807, 2.05) is 13.8 Å². The van der Waals surface area contributed by atoms with Crippen LogP contribution >= 0.6 is 0 Å². The first-order valence-electron chi connectivity index (χ1n) is 15.4. The third-order valence-corrected chi connectivity index (χ3v) is 19.7. The van der Waals surface area contributed by atoms with Crippen molar-refractivity contribution in [1.82, 2.24) is 0 Å². The predicted molar refractivity (Wildman–Crippen MR) is 169 cm³/mol. The maximum Gasteiger partial charge on any atom is 0.333 e. The Balaban J connectivity index is 6.98. The van der Waals surface area contributed by atoms with Gasteiger partial charge < -0.3 is 13.6 Å². The quantitative estimate of drug-likeness (QED) is 0.0676. The summed E-state index contributed by atoms with van der Waals surface area (Å²) in [5, 5.41) is 0. The summed E-state index contributed by atoms with van der Waals surface area (Å²) in [4.78, 5) is 12.5. The zero-order valence-corrected chi connectivity index (χ0v) is 29.3. The molecular weight excluding hydrogens is 505 g/mol. The minimum atomic E-state index is -2.05. The fraction of sp³-hybridized carbons (Fsp3) is 0.844. The van der Waals surface area contributed by atoms with Gasteiger partial charge in [-0.25, -0.2) is 4.79 Å². The van der Waals surface area contributed by atoms with Crippen LogP contribution in [0.5, 0.6) is 0 Å². The minimum Gasteiger partial charge on any atom is -0.463 e. The summed E-state index contributed by atoms with van der Waals surface area (Å²) in [5.74, 6) is 3.11. The largest absolute Gasteiger partial charge is 0.463 e. The monoisotopic (exact) mass is 566 g/mol. The van der Waals surface area contributed by atoms with Gasteiger partial charge in [-0.15, -0.1) is 12.3 Å². The van der Waals surface area contributed by atoms with Crippen molar-refractivity contribution in [1.29, 1.82) is 0 Å². The Bertz CT molecular complexity index is 747. The molecule has 38 heavy (non-hydrogen) atoms. The molecule has 0 aromatic heterocycles. The molecule has 0 N–H and O–H groups in total. The van der Waals surface area contributed by atoms with Crippen molar-refractivity contribution >= 4 is 22.6 Å². The second-order valence-corrected chi connectivity index (χ2v) is 21.8.